The van der Waals surface area contributed by atoms with Gasteiger partial charge in [0.2, 0.25) is 5.78 Å². The minimum atomic E-state index is -1.01. The number of methoxy groups -OCH3 is 1. The second-order valence-corrected chi connectivity index (χ2v) is 5.98. The van der Waals surface area contributed by atoms with E-state index >= 15 is 0 Å². The number of benzene rings is 2. The standard InChI is InChI=1S/C20H23NO3/c1-23-20(18-10-6-3-7-11-18,16-21-12-14-24-15-13-21)19(22)17-8-4-2-5-9-17/h2-11H,12-16H2,1H3. The first-order valence-electron chi connectivity index (χ1n) is 8.27. The van der Waals surface area contributed by atoms with Crippen LogP contribution in [0.2, 0.25) is 0 Å². The molecule has 0 bridgehead atoms. The van der Waals surface area contributed by atoms with Crippen LogP contribution in [0.5, 0.6) is 0 Å². The number of nitrogens with zero attached hydrogens (tertiary/aromatic N) is 1. The van der Waals surface area contributed by atoms with E-state index in [-0.39, 0.29) is 5.78 Å². The van der Waals surface area contributed by atoms with E-state index in [1.807, 2.05) is 60.7 Å². The fourth-order valence-corrected chi connectivity index (χ4v) is 3.17. The zero-order chi connectivity index (χ0) is 16.8. The highest BCUT2D eigenvalue weighted by Gasteiger charge is 2.42. The summed E-state index contributed by atoms with van der Waals surface area (Å²) in [5.41, 5.74) is 0.532. The van der Waals surface area contributed by atoms with Crippen molar-refractivity contribution in [3.8, 4) is 0 Å². The molecule has 4 nitrogen and oxygen atoms in total. The van der Waals surface area contributed by atoms with Gasteiger partial charge in [0.25, 0.3) is 0 Å². The van der Waals surface area contributed by atoms with E-state index in [9.17, 15) is 4.79 Å². The molecule has 1 saturated heterocycles. The summed E-state index contributed by atoms with van der Waals surface area (Å²) in [5.74, 6) is -0.0108. The predicted octanol–water partition coefficient (Wildman–Crippen LogP) is 2.74. The van der Waals surface area contributed by atoms with E-state index in [4.69, 9.17) is 9.47 Å². The molecule has 0 aromatic heterocycles. The Kier molecular flexibility index (Phi) is 5.41. The number of carbonyl (C=O) groups is 1. The van der Waals surface area contributed by atoms with Crippen LogP contribution in [0.25, 0.3) is 0 Å². The lowest BCUT2D eigenvalue weighted by molar-refractivity contribution is -0.0436. The SMILES string of the molecule is COC(CN1CCOCC1)(C(=O)c1ccccc1)c1ccccc1. The van der Waals surface area contributed by atoms with Gasteiger partial charge in [-0.25, -0.2) is 0 Å². The topological polar surface area (TPSA) is 38.8 Å². The molecule has 2 aromatic carbocycles. The fourth-order valence-electron chi connectivity index (χ4n) is 3.17. The first-order valence-corrected chi connectivity index (χ1v) is 8.27. The van der Waals surface area contributed by atoms with Gasteiger partial charge >= 0.3 is 0 Å². The highest BCUT2D eigenvalue weighted by molar-refractivity contribution is 6.03. The third-order valence-electron chi connectivity index (χ3n) is 4.54. The van der Waals surface area contributed by atoms with Gasteiger partial charge in [0.05, 0.1) is 13.2 Å². The van der Waals surface area contributed by atoms with Crippen LogP contribution in [0.4, 0.5) is 0 Å². The highest BCUT2D eigenvalue weighted by Crippen LogP contribution is 2.31. The van der Waals surface area contributed by atoms with Crippen molar-refractivity contribution in [3.63, 3.8) is 0 Å². The quantitative estimate of drug-likeness (QED) is 0.766. The zero-order valence-corrected chi connectivity index (χ0v) is 14.0. The lowest BCUT2D eigenvalue weighted by Crippen LogP contribution is -2.51. The highest BCUT2D eigenvalue weighted by atomic mass is 16.5. The molecule has 1 heterocycles. The van der Waals surface area contributed by atoms with Crippen molar-refractivity contribution in [2.75, 3.05) is 40.0 Å². The largest absolute Gasteiger partial charge is 0.379 e. The number of morpholine rings is 1. The molecular formula is C20H23NO3. The van der Waals surface area contributed by atoms with Crippen molar-refractivity contribution in [3.05, 3.63) is 71.8 Å². The summed E-state index contributed by atoms with van der Waals surface area (Å²) in [6, 6.07) is 19.1. The van der Waals surface area contributed by atoms with Crippen LogP contribution in [0.3, 0.4) is 0 Å². The molecular weight excluding hydrogens is 302 g/mol. The van der Waals surface area contributed by atoms with E-state index in [1.54, 1.807) is 7.11 Å². The fraction of sp³-hybridized carbons (Fsp3) is 0.350. The molecule has 0 radical (unpaired) electrons. The first kappa shape index (κ1) is 16.8. The van der Waals surface area contributed by atoms with Crippen molar-refractivity contribution in [2.24, 2.45) is 0 Å². The van der Waals surface area contributed by atoms with Gasteiger partial charge in [0.15, 0.2) is 5.60 Å². The Morgan fingerprint density at radius 3 is 2.21 bits per heavy atom. The Bertz CT molecular complexity index is 653. The summed E-state index contributed by atoms with van der Waals surface area (Å²) in [6.07, 6.45) is 0. The average Bonchev–Trinajstić information content (AvgIpc) is 2.68. The molecule has 1 aliphatic rings. The van der Waals surface area contributed by atoms with Crippen molar-refractivity contribution in [1.29, 1.82) is 0 Å². The third kappa shape index (κ3) is 3.41. The second-order valence-electron chi connectivity index (χ2n) is 5.98. The molecule has 1 fully saturated rings. The Hall–Kier alpha value is -2.01. The Balaban J connectivity index is 2.00. The average molecular weight is 325 g/mol. The normalized spacial score (nSPS) is 18.0. The summed E-state index contributed by atoms with van der Waals surface area (Å²) >= 11 is 0. The van der Waals surface area contributed by atoms with Crippen molar-refractivity contribution in [2.45, 2.75) is 5.60 Å². The van der Waals surface area contributed by atoms with Gasteiger partial charge in [-0.2, -0.15) is 0 Å². The summed E-state index contributed by atoms with van der Waals surface area (Å²) in [5, 5.41) is 0. The number of hydrogen-bond acceptors (Lipinski definition) is 4. The maximum atomic E-state index is 13.4. The summed E-state index contributed by atoms with van der Waals surface area (Å²) in [7, 11) is 1.62. The summed E-state index contributed by atoms with van der Waals surface area (Å²) in [6.45, 7) is 3.51. The summed E-state index contributed by atoms with van der Waals surface area (Å²) < 4.78 is 11.3. The first-order chi connectivity index (χ1) is 11.8. The van der Waals surface area contributed by atoms with E-state index in [0.717, 1.165) is 18.7 Å². The lowest BCUT2D eigenvalue weighted by Gasteiger charge is -2.38. The minimum Gasteiger partial charge on any atom is -0.379 e. The number of carbonyl (C=O) groups excluding carboxylic acids is 1. The van der Waals surface area contributed by atoms with E-state index < -0.39 is 5.60 Å². The molecule has 0 amide bonds. The van der Waals surface area contributed by atoms with Crippen molar-refractivity contribution in [1.82, 2.24) is 4.90 Å². The molecule has 24 heavy (non-hydrogen) atoms. The molecule has 4 heteroatoms. The monoisotopic (exact) mass is 325 g/mol. The summed E-state index contributed by atoms with van der Waals surface area (Å²) in [4.78, 5) is 15.6. The number of hydrogen-bond donors (Lipinski definition) is 0. The molecule has 1 aliphatic heterocycles. The van der Waals surface area contributed by atoms with Crippen LogP contribution in [0.15, 0.2) is 60.7 Å². The lowest BCUT2D eigenvalue weighted by atomic mass is 9.85. The van der Waals surface area contributed by atoms with Crippen LogP contribution in [0.1, 0.15) is 15.9 Å². The Morgan fingerprint density at radius 2 is 1.62 bits per heavy atom. The smallest absolute Gasteiger partial charge is 0.200 e. The van der Waals surface area contributed by atoms with Crippen molar-refractivity contribution < 1.29 is 14.3 Å². The van der Waals surface area contributed by atoms with Crippen LogP contribution in [-0.4, -0.2) is 50.6 Å². The van der Waals surface area contributed by atoms with Gasteiger partial charge in [0.1, 0.15) is 0 Å². The second kappa shape index (κ2) is 7.71. The Morgan fingerprint density at radius 1 is 1.04 bits per heavy atom. The number of ether oxygens (including phenoxy) is 2. The van der Waals surface area contributed by atoms with Crippen LogP contribution in [0, 0.1) is 0 Å². The van der Waals surface area contributed by atoms with Crippen LogP contribution in [-0.2, 0) is 15.1 Å². The van der Waals surface area contributed by atoms with E-state index in [1.165, 1.54) is 0 Å². The Labute approximate surface area is 143 Å². The molecule has 3 rings (SSSR count). The molecule has 1 atom stereocenters. The van der Waals surface area contributed by atoms with Gasteiger partial charge < -0.3 is 9.47 Å². The molecule has 0 saturated carbocycles. The van der Waals surface area contributed by atoms with Crippen LogP contribution >= 0.6 is 0 Å². The molecule has 0 N–H and O–H groups in total. The number of Topliss-reactive ketones (excluding diaryl/α,β-unsaturated/α-hetero) is 1. The van der Waals surface area contributed by atoms with Gasteiger partial charge in [-0.05, 0) is 5.56 Å². The van der Waals surface area contributed by atoms with E-state index in [0.29, 0.717) is 25.3 Å². The third-order valence-corrected chi connectivity index (χ3v) is 4.54. The van der Waals surface area contributed by atoms with Gasteiger partial charge in [-0.1, -0.05) is 60.7 Å². The predicted molar refractivity (Wildman–Crippen MR) is 93.2 cm³/mol. The molecule has 0 aliphatic carbocycles. The number of ketones is 1. The molecule has 2 aromatic rings. The van der Waals surface area contributed by atoms with Crippen LogP contribution < -0.4 is 0 Å². The van der Waals surface area contributed by atoms with E-state index in [2.05, 4.69) is 4.90 Å². The molecule has 126 valence electrons. The van der Waals surface area contributed by atoms with Gasteiger partial charge in [-0.3, -0.25) is 9.69 Å². The molecule has 0 spiro atoms. The maximum Gasteiger partial charge on any atom is 0.200 e. The van der Waals surface area contributed by atoms with Gasteiger partial charge in [-0.15, -0.1) is 0 Å². The number of rotatable bonds is 6. The van der Waals surface area contributed by atoms with Gasteiger partial charge in [0, 0.05) is 32.3 Å². The zero-order valence-electron chi connectivity index (χ0n) is 14.0. The minimum absolute atomic E-state index is 0.0108. The molecule has 1 unspecified atom stereocenters. The maximum absolute atomic E-state index is 13.4. The van der Waals surface area contributed by atoms with Crippen molar-refractivity contribution >= 4 is 5.78 Å².